The van der Waals surface area contributed by atoms with Crippen molar-refractivity contribution in [1.29, 1.82) is 0 Å². The van der Waals surface area contributed by atoms with E-state index < -0.39 is 5.54 Å². The molecule has 1 saturated heterocycles. The van der Waals surface area contributed by atoms with E-state index in [1.807, 2.05) is 25.1 Å². The van der Waals surface area contributed by atoms with Crippen LogP contribution in [0.3, 0.4) is 0 Å². The highest BCUT2D eigenvalue weighted by atomic mass is 16.3. The Morgan fingerprint density at radius 2 is 1.87 bits per heavy atom. The SMILES string of the molecule is CCc1ccc(C2CN3C(=O)CN(CCO)C(=O)[C@]3(C)c3[nH]c4ccccc4c32)cc1. The highest BCUT2D eigenvalue weighted by molar-refractivity contribution is 6.01. The first-order valence-corrected chi connectivity index (χ1v) is 10.9. The Hall–Kier alpha value is -3.12. The monoisotopic (exact) mass is 417 g/mol. The van der Waals surface area contributed by atoms with Crippen molar-refractivity contribution in [3.63, 3.8) is 0 Å². The van der Waals surface area contributed by atoms with Crippen LogP contribution in [0.15, 0.2) is 48.5 Å². The summed E-state index contributed by atoms with van der Waals surface area (Å²) in [7, 11) is 0. The molecule has 31 heavy (non-hydrogen) atoms. The molecule has 5 rings (SSSR count). The van der Waals surface area contributed by atoms with E-state index in [2.05, 4.69) is 42.2 Å². The van der Waals surface area contributed by atoms with Gasteiger partial charge >= 0.3 is 0 Å². The average Bonchev–Trinajstić information content (AvgIpc) is 3.18. The molecule has 1 unspecified atom stereocenters. The highest BCUT2D eigenvalue weighted by Gasteiger charge is 2.56. The molecule has 6 nitrogen and oxygen atoms in total. The van der Waals surface area contributed by atoms with Crippen molar-refractivity contribution in [3.8, 4) is 0 Å². The van der Waals surface area contributed by atoms with Gasteiger partial charge in [-0.15, -0.1) is 0 Å². The highest BCUT2D eigenvalue weighted by Crippen LogP contribution is 2.48. The lowest BCUT2D eigenvalue weighted by molar-refractivity contribution is -0.166. The number of amides is 2. The van der Waals surface area contributed by atoms with Gasteiger partial charge in [0.1, 0.15) is 0 Å². The van der Waals surface area contributed by atoms with Crippen molar-refractivity contribution >= 4 is 22.7 Å². The number of benzene rings is 2. The summed E-state index contributed by atoms with van der Waals surface area (Å²) < 4.78 is 0. The molecule has 2 N–H and O–H groups in total. The summed E-state index contributed by atoms with van der Waals surface area (Å²) in [5.41, 5.74) is 4.13. The Balaban J connectivity index is 1.73. The predicted octanol–water partition coefficient (Wildman–Crippen LogP) is 2.75. The number of β-amino-alcohol motifs (C(OH)–C–C–N with tert-alkyl or cyclic N) is 1. The van der Waals surface area contributed by atoms with Gasteiger partial charge in [-0.05, 0) is 36.1 Å². The zero-order valence-electron chi connectivity index (χ0n) is 17.9. The summed E-state index contributed by atoms with van der Waals surface area (Å²) in [6.07, 6.45) is 0.973. The van der Waals surface area contributed by atoms with Gasteiger partial charge in [-0.3, -0.25) is 9.59 Å². The largest absolute Gasteiger partial charge is 0.395 e. The van der Waals surface area contributed by atoms with Crippen molar-refractivity contribution in [2.75, 3.05) is 26.2 Å². The molecule has 0 spiro atoms. The molecule has 160 valence electrons. The van der Waals surface area contributed by atoms with Gasteiger partial charge in [-0.1, -0.05) is 49.4 Å². The topological polar surface area (TPSA) is 76.6 Å². The van der Waals surface area contributed by atoms with Gasteiger partial charge in [0.2, 0.25) is 5.91 Å². The van der Waals surface area contributed by atoms with E-state index in [4.69, 9.17) is 0 Å². The molecule has 2 atom stereocenters. The number of aliphatic hydroxyl groups excluding tert-OH is 1. The molecule has 0 aliphatic carbocycles. The van der Waals surface area contributed by atoms with Gasteiger partial charge in [-0.2, -0.15) is 0 Å². The number of nitrogens with zero attached hydrogens (tertiary/aromatic N) is 2. The number of aliphatic hydroxyl groups is 1. The third kappa shape index (κ3) is 2.82. The number of carbonyl (C=O) groups is 2. The molecular weight excluding hydrogens is 390 g/mol. The Morgan fingerprint density at radius 1 is 1.13 bits per heavy atom. The maximum atomic E-state index is 13.6. The second kappa shape index (κ2) is 7.24. The maximum Gasteiger partial charge on any atom is 0.255 e. The zero-order valence-corrected chi connectivity index (χ0v) is 17.9. The average molecular weight is 418 g/mol. The van der Waals surface area contributed by atoms with Crippen LogP contribution in [0.1, 0.15) is 42.1 Å². The van der Waals surface area contributed by atoms with E-state index in [9.17, 15) is 14.7 Å². The second-order valence-corrected chi connectivity index (χ2v) is 8.63. The fourth-order valence-electron chi connectivity index (χ4n) is 5.26. The van der Waals surface area contributed by atoms with Crippen LogP contribution in [0.5, 0.6) is 0 Å². The molecule has 1 fully saturated rings. The smallest absolute Gasteiger partial charge is 0.255 e. The summed E-state index contributed by atoms with van der Waals surface area (Å²) >= 11 is 0. The van der Waals surface area contributed by atoms with Gasteiger partial charge in [0, 0.05) is 29.9 Å². The van der Waals surface area contributed by atoms with Crippen LogP contribution in [-0.4, -0.2) is 57.9 Å². The Bertz CT molecular complexity index is 1170. The Kier molecular flexibility index (Phi) is 4.63. The number of aryl methyl sites for hydroxylation is 1. The number of carbonyl (C=O) groups excluding carboxylic acids is 2. The fraction of sp³-hybridized carbons (Fsp3) is 0.360. The molecule has 0 saturated carbocycles. The van der Waals surface area contributed by atoms with Gasteiger partial charge in [0.25, 0.3) is 5.91 Å². The molecule has 0 bridgehead atoms. The zero-order chi connectivity index (χ0) is 21.8. The Labute approximate surface area is 181 Å². The first-order chi connectivity index (χ1) is 15.0. The van der Waals surface area contributed by atoms with Gasteiger partial charge in [-0.25, -0.2) is 0 Å². The molecule has 3 aromatic rings. The standard InChI is InChI=1S/C25H27N3O3/c1-3-16-8-10-17(11-9-16)19-14-28-21(30)15-27(12-13-29)24(31)25(28,2)23-22(19)18-6-4-5-7-20(18)26-23/h4-11,19,26,29H,3,12-15H2,1-2H3/t19?,25-/m0/s1. The van der Waals surface area contributed by atoms with Crippen molar-refractivity contribution in [2.45, 2.75) is 31.7 Å². The van der Waals surface area contributed by atoms with Gasteiger partial charge in [0.05, 0.1) is 18.8 Å². The van der Waals surface area contributed by atoms with Crippen LogP contribution in [0, 0.1) is 0 Å². The van der Waals surface area contributed by atoms with Gasteiger partial charge < -0.3 is 19.9 Å². The van der Waals surface area contributed by atoms with Crippen LogP contribution >= 0.6 is 0 Å². The number of nitrogens with one attached hydrogen (secondary N) is 1. The number of aromatic amines is 1. The van der Waals surface area contributed by atoms with Crippen LogP contribution in [-0.2, 0) is 21.5 Å². The minimum Gasteiger partial charge on any atom is -0.395 e. The molecule has 0 radical (unpaired) electrons. The quantitative estimate of drug-likeness (QED) is 0.685. The van der Waals surface area contributed by atoms with E-state index in [1.54, 1.807) is 4.90 Å². The summed E-state index contributed by atoms with van der Waals surface area (Å²) in [6.45, 7) is 4.42. The van der Waals surface area contributed by atoms with Gasteiger partial charge in [0.15, 0.2) is 5.54 Å². The normalized spacial score (nSPS) is 23.3. The number of fused-ring (bicyclic) bond motifs is 5. The number of hydrogen-bond acceptors (Lipinski definition) is 3. The maximum absolute atomic E-state index is 13.6. The summed E-state index contributed by atoms with van der Waals surface area (Å²) in [6, 6.07) is 16.7. The van der Waals surface area contributed by atoms with Crippen molar-refractivity contribution < 1.29 is 14.7 Å². The lowest BCUT2D eigenvalue weighted by atomic mass is 9.76. The number of aromatic nitrogens is 1. The van der Waals surface area contributed by atoms with Crippen molar-refractivity contribution in [2.24, 2.45) is 0 Å². The fourth-order valence-corrected chi connectivity index (χ4v) is 5.26. The number of hydrogen-bond donors (Lipinski definition) is 2. The van der Waals surface area contributed by atoms with Crippen LogP contribution < -0.4 is 0 Å². The van der Waals surface area contributed by atoms with Crippen molar-refractivity contribution in [3.05, 3.63) is 70.9 Å². The molecule has 2 aliphatic rings. The van der Waals surface area contributed by atoms with E-state index >= 15 is 0 Å². The van der Waals surface area contributed by atoms with E-state index in [0.717, 1.165) is 34.1 Å². The predicted molar refractivity (Wildman–Crippen MR) is 119 cm³/mol. The molecule has 2 amide bonds. The molecule has 3 heterocycles. The minimum absolute atomic E-state index is 0.00599. The Morgan fingerprint density at radius 3 is 2.58 bits per heavy atom. The second-order valence-electron chi connectivity index (χ2n) is 8.63. The summed E-state index contributed by atoms with van der Waals surface area (Å²) in [5, 5.41) is 10.5. The van der Waals surface area contributed by atoms with Crippen LogP contribution in [0.2, 0.25) is 0 Å². The van der Waals surface area contributed by atoms with E-state index in [-0.39, 0.29) is 37.4 Å². The van der Waals surface area contributed by atoms with E-state index in [1.165, 1.54) is 10.5 Å². The third-order valence-corrected chi connectivity index (χ3v) is 6.98. The third-order valence-electron chi connectivity index (χ3n) is 6.98. The first-order valence-electron chi connectivity index (χ1n) is 10.9. The lowest BCUT2D eigenvalue weighted by Crippen LogP contribution is -2.67. The van der Waals surface area contributed by atoms with Crippen molar-refractivity contribution in [1.82, 2.24) is 14.8 Å². The number of rotatable bonds is 4. The number of piperazine rings is 1. The number of H-pyrrole nitrogens is 1. The molecule has 6 heteroatoms. The molecule has 1 aromatic heterocycles. The lowest BCUT2D eigenvalue weighted by Gasteiger charge is -2.51. The summed E-state index contributed by atoms with van der Waals surface area (Å²) in [5.74, 6) is -0.255. The van der Waals surface area contributed by atoms with Crippen LogP contribution in [0.25, 0.3) is 10.9 Å². The molecule has 2 aliphatic heterocycles. The first kappa shape index (κ1) is 19.8. The van der Waals surface area contributed by atoms with Crippen LogP contribution in [0.4, 0.5) is 0 Å². The minimum atomic E-state index is -1.11. The molecular formula is C25H27N3O3. The number of para-hydroxylation sites is 1. The summed E-state index contributed by atoms with van der Waals surface area (Å²) in [4.78, 5) is 33.5. The molecule has 2 aromatic carbocycles. The van der Waals surface area contributed by atoms with E-state index in [0.29, 0.717) is 6.54 Å².